The minimum Gasteiger partial charge on any atom is -0.322 e. The van der Waals surface area contributed by atoms with E-state index in [9.17, 15) is 18.0 Å². The van der Waals surface area contributed by atoms with Gasteiger partial charge in [-0.05, 0) is 37.3 Å². The third kappa shape index (κ3) is 3.88. The fraction of sp³-hybridized carbons (Fsp3) is 0.333. The number of carbonyl (C=O) groups excluding carboxylic acids is 2. The number of sulfonamides is 1. The van der Waals surface area contributed by atoms with E-state index in [-0.39, 0.29) is 36.2 Å². The number of amides is 2. The summed E-state index contributed by atoms with van der Waals surface area (Å²) in [6, 6.07) is 13.0. The minimum atomic E-state index is -3.64. The summed E-state index contributed by atoms with van der Waals surface area (Å²) < 4.78 is 27.2. The van der Waals surface area contributed by atoms with Crippen molar-refractivity contribution in [1.29, 1.82) is 0 Å². The van der Waals surface area contributed by atoms with E-state index in [4.69, 9.17) is 11.6 Å². The van der Waals surface area contributed by atoms with Crippen LogP contribution in [0.1, 0.15) is 12.0 Å². The summed E-state index contributed by atoms with van der Waals surface area (Å²) in [5.74, 6) is -0.430. The van der Waals surface area contributed by atoms with Crippen molar-refractivity contribution in [2.45, 2.75) is 24.3 Å². The Balaban J connectivity index is 1.45. The molecule has 2 saturated heterocycles. The number of hydrogen-bond donors (Lipinski definition) is 1. The molecule has 0 saturated carbocycles. The summed E-state index contributed by atoms with van der Waals surface area (Å²) in [6.45, 7) is 3.44. The molecule has 2 aromatic carbocycles. The number of quaternary nitrogens is 1. The zero-order valence-electron chi connectivity index (χ0n) is 16.5. The monoisotopic (exact) mass is 448 g/mol. The zero-order valence-corrected chi connectivity index (χ0v) is 18.1. The van der Waals surface area contributed by atoms with Gasteiger partial charge in [0.15, 0.2) is 6.04 Å². The van der Waals surface area contributed by atoms with Crippen LogP contribution in [0, 0.1) is 6.92 Å². The van der Waals surface area contributed by atoms with Crippen molar-refractivity contribution in [3.05, 3.63) is 59.1 Å². The van der Waals surface area contributed by atoms with E-state index in [0.717, 1.165) is 10.5 Å². The second-order valence-corrected chi connectivity index (χ2v) is 10.1. The number of rotatable bonds is 4. The zero-order chi connectivity index (χ0) is 21.5. The first-order chi connectivity index (χ1) is 14.3. The van der Waals surface area contributed by atoms with Crippen LogP contribution in [0.4, 0.5) is 5.69 Å². The van der Waals surface area contributed by atoms with E-state index >= 15 is 0 Å². The van der Waals surface area contributed by atoms with Gasteiger partial charge in [0.1, 0.15) is 0 Å². The molecule has 2 fully saturated rings. The highest BCUT2D eigenvalue weighted by atomic mass is 35.5. The van der Waals surface area contributed by atoms with Crippen LogP contribution in [0.3, 0.4) is 0 Å². The number of aryl methyl sites for hydroxylation is 1. The number of halogens is 1. The quantitative estimate of drug-likeness (QED) is 0.704. The number of imide groups is 1. The van der Waals surface area contributed by atoms with E-state index in [1.807, 2.05) is 19.1 Å². The summed E-state index contributed by atoms with van der Waals surface area (Å²) in [6.07, 6.45) is 0.142. The molecule has 0 aromatic heterocycles. The van der Waals surface area contributed by atoms with Crippen LogP contribution in [0.15, 0.2) is 53.4 Å². The van der Waals surface area contributed by atoms with E-state index in [2.05, 4.69) is 0 Å². The molecule has 9 heteroatoms. The summed E-state index contributed by atoms with van der Waals surface area (Å²) in [5.41, 5.74) is 1.64. The van der Waals surface area contributed by atoms with E-state index in [0.29, 0.717) is 23.8 Å². The van der Waals surface area contributed by atoms with Crippen molar-refractivity contribution in [2.24, 2.45) is 0 Å². The second kappa shape index (κ2) is 8.11. The van der Waals surface area contributed by atoms with Gasteiger partial charge in [-0.25, -0.2) is 13.3 Å². The van der Waals surface area contributed by atoms with Crippen molar-refractivity contribution >= 4 is 39.1 Å². The normalized spacial score (nSPS) is 21.4. The summed E-state index contributed by atoms with van der Waals surface area (Å²) in [4.78, 5) is 27.9. The highest BCUT2D eigenvalue weighted by Gasteiger charge is 2.47. The van der Waals surface area contributed by atoms with Gasteiger partial charge in [0, 0.05) is 5.02 Å². The number of benzene rings is 2. The third-order valence-electron chi connectivity index (χ3n) is 5.73. The maximum atomic E-state index is 13.0. The van der Waals surface area contributed by atoms with Crippen molar-refractivity contribution < 1.29 is 22.9 Å². The Hall–Kier alpha value is -2.26. The van der Waals surface area contributed by atoms with Gasteiger partial charge in [-0.3, -0.25) is 9.59 Å². The largest absolute Gasteiger partial charge is 0.322 e. The number of piperazine rings is 1. The van der Waals surface area contributed by atoms with Crippen molar-refractivity contribution in [3.63, 3.8) is 0 Å². The molecule has 0 unspecified atom stereocenters. The van der Waals surface area contributed by atoms with Crippen molar-refractivity contribution in [2.75, 3.05) is 31.1 Å². The highest BCUT2D eigenvalue weighted by Crippen LogP contribution is 2.23. The molecule has 2 heterocycles. The molecule has 0 aliphatic carbocycles. The molecule has 7 nitrogen and oxygen atoms in total. The first-order valence-corrected chi connectivity index (χ1v) is 11.6. The number of hydrogen-bond acceptors (Lipinski definition) is 4. The predicted molar refractivity (Wildman–Crippen MR) is 113 cm³/mol. The van der Waals surface area contributed by atoms with Crippen LogP contribution in [0.5, 0.6) is 0 Å². The van der Waals surface area contributed by atoms with Gasteiger partial charge in [0.05, 0.1) is 43.2 Å². The molecule has 2 aromatic rings. The standard InChI is InChI=1S/C21H22ClN3O4S/c1-15-5-7-17(8-6-15)25-20(26)14-19(21(25)27)23-9-11-24(12-10-23)30(28,29)18-4-2-3-16(22)13-18/h2-8,13,19H,9-12,14H2,1H3/p+1/t19-/m0/s1. The SMILES string of the molecule is Cc1ccc(N2C(=O)C[C@H]([NH+]3CCN(S(=O)(=O)c4cccc(Cl)c4)CC3)C2=O)cc1. The lowest BCUT2D eigenvalue weighted by Crippen LogP contribution is -3.19. The third-order valence-corrected chi connectivity index (χ3v) is 7.86. The smallest absolute Gasteiger partial charge is 0.292 e. The molecule has 0 radical (unpaired) electrons. The molecule has 2 aliphatic heterocycles. The second-order valence-electron chi connectivity index (χ2n) is 7.68. The van der Waals surface area contributed by atoms with E-state index in [1.165, 1.54) is 21.3 Å². The van der Waals surface area contributed by atoms with Crippen LogP contribution in [-0.4, -0.2) is 56.8 Å². The van der Waals surface area contributed by atoms with Crippen molar-refractivity contribution in [1.82, 2.24) is 4.31 Å². The van der Waals surface area contributed by atoms with Gasteiger partial charge < -0.3 is 4.90 Å². The average Bonchev–Trinajstić information content (AvgIpc) is 3.03. The van der Waals surface area contributed by atoms with Gasteiger partial charge >= 0.3 is 0 Å². The number of nitrogens with zero attached hydrogens (tertiary/aromatic N) is 2. The maximum Gasteiger partial charge on any atom is 0.292 e. The molecule has 1 N–H and O–H groups in total. The van der Waals surface area contributed by atoms with Gasteiger partial charge in [0.2, 0.25) is 15.9 Å². The summed E-state index contributed by atoms with van der Waals surface area (Å²) in [5, 5.41) is 0.367. The predicted octanol–water partition coefficient (Wildman–Crippen LogP) is 0.870. The first-order valence-electron chi connectivity index (χ1n) is 9.81. The van der Waals surface area contributed by atoms with Crippen LogP contribution in [0.2, 0.25) is 5.02 Å². The lowest BCUT2D eigenvalue weighted by Gasteiger charge is -2.33. The summed E-state index contributed by atoms with van der Waals surface area (Å²) in [7, 11) is -3.64. The Morgan fingerprint density at radius 3 is 2.33 bits per heavy atom. The van der Waals surface area contributed by atoms with Crippen LogP contribution >= 0.6 is 11.6 Å². The lowest BCUT2D eigenvalue weighted by atomic mass is 10.2. The first kappa shape index (κ1) is 21.0. The van der Waals surface area contributed by atoms with Gasteiger partial charge in [0.25, 0.3) is 5.91 Å². The molecular formula is C21H23ClN3O4S+. The average molecular weight is 449 g/mol. The molecule has 0 bridgehead atoms. The Labute approximate surface area is 180 Å². The van der Waals surface area contributed by atoms with E-state index < -0.39 is 16.1 Å². The molecular weight excluding hydrogens is 426 g/mol. The minimum absolute atomic E-state index is 0.142. The highest BCUT2D eigenvalue weighted by molar-refractivity contribution is 7.89. The Morgan fingerprint density at radius 1 is 1.03 bits per heavy atom. The molecule has 1 atom stereocenters. The molecule has 4 rings (SSSR count). The number of nitrogens with one attached hydrogen (secondary N) is 1. The fourth-order valence-electron chi connectivity index (χ4n) is 4.05. The Morgan fingerprint density at radius 2 is 1.70 bits per heavy atom. The van der Waals surface area contributed by atoms with Crippen LogP contribution in [0.25, 0.3) is 0 Å². The fourth-order valence-corrected chi connectivity index (χ4v) is 5.80. The van der Waals surface area contributed by atoms with Gasteiger partial charge in [-0.1, -0.05) is 35.4 Å². The topological polar surface area (TPSA) is 79.2 Å². The number of carbonyl (C=O) groups is 2. The molecule has 2 aliphatic rings. The summed E-state index contributed by atoms with van der Waals surface area (Å²) >= 11 is 5.94. The molecule has 30 heavy (non-hydrogen) atoms. The van der Waals surface area contributed by atoms with Crippen LogP contribution in [-0.2, 0) is 19.6 Å². The molecule has 2 amide bonds. The van der Waals surface area contributed by atoms with E-state index in [1.54, 1.807) is 24.3 Å². The molecule has 158 valence electrons. The Bertz CT molecular complexity index is 1080. The lowest BCUT2D eigenvalue weighted by molar-refractivity contribution is -0.918. The van der Waals surface area contributed by atoms with Crippen molar-refractivity contribution in [3.8, 4) is 0 Å². The van der Waals surface area contributed by atoms with Gasteiger partial charge in [-0.2, -0.15) is 4.31 Å². The van der Waals surface area contributed by atoms with Gasteiger partial charge in [-0.15, -0.1) is 0 Å². The maximum absolute atomic E-state index is 13.0. The molecule has 0 spiro atoms. The van der Waals surface area contributed by atoms with Crippen LogP contribution < -0.4 is 9.80 Å². The number of anilines is 1. The Kier molecular flexibility index (Phi) is 5.67.